The summed E-state index contributed by atoms with van der Waals surface area (Å²) < 4.78 is 5.41. The van der Waals surface area contributed by atoms with E-state index in [4.69, 9.17) is 4.74 Å². The van der Waals surface area contributed by atoms with Gasteiger partial charge in [-0.2, -0.15) is 5.10 Å². The Morgan fingerprint density at radius 3 is 2.50 bits per heavy atom. The smallest absolute Gasteiger partial charge is 0.279 e. The van der Waals surface area contributed by atoms with Crippen molar-refractivity contribution in [1.29, 1.82) is 0 Å². The molecular formula is C24H30N4O4. The number of hydrogen-bond donors (Lipinski definition) is 2. The molecule has 1 heterocycles. The van der Waals surface area contributed by atoms with E-state index in [1.807, 2.05) is 19.1 Å². The van der Waals surface area contributed by atoms with E-state index in [1.165, 1.54) is 11.0 Å². The van der Waals surface area contributed by atoms with Gasteiger partial charge in [0, 0.05) is 17.8 Å². The van der Waals surface area contributed by atoms with E-state index in [1.54, 1.807) is 13.2 Å². The number of carbonyl (C=O) groups excluding carboxylic acids is 3. The number of benzene rings is 1. The molecule has 1 aromatic heterocycles. The maximum atomic E-state index is 13.6. The van der Waals surface area contributed by atoms with Crippen molar-refractivity contribution in [1.82, 2.24) is 15.5 Å². The Morgan fingerprint density at radius 2 is 1.91 bits per heavy atom. The van der Waals surface area contributed by atoms with Crippen LogP contribution in [0.15, 0.2) is 24.3 Å². The first-order valence-electron chi connectivity index (χ1n) is 11.2. The third-order valence-corrected chi connectivity index (χ3v) is 6.60. The molecule has 2 aliphatic carbocycles. The normalized spacial score (nSPS) is 21.5. The summed E-state index contributed by atoms with van der Waals surface area (Å²) in [4.78, 5) is 39.8. The van der Waals surface area contributed by atoms with E-state index in [0.717, 1.165) is 31.2 Å². The molecule has 0 aliphatic heterocycles. The van der Waals surface area contributed by atoms with Crippen molar-refractivity contribution >= 4 is 23.8 Å². The molecule has 1 aromatic carbocycles. The Balaban J connectivity index is 1.68. The van der Waals surface area contributed by atoms with Crippen molar-refractivity contribution in [3.63, 3.8) is 0 Å². The van der Waals surface area contributed by atoms with Crippen LogP contribution in [0.1, 0.15) is 72.0 Å². The molecular weight excluding hydrogens is 408 g/mol. The fourth-order valence-corrected chi connectivity index (χ4v) is 4.55. The second-order valence-corrected chi connectivity index (χ2v) is 9.14. The molecule has 2 saturated carbocycles. The molecule has 2 aliphatic rings. The molecule has 8 heteroatoms. The number of rotatable bonds is 7. The van der Waals surface area contributed by atoms with Crippen molar-refractivity contribution in [3.8, 4) is 5.75 Å². The van der Waals surface area contributed by atoms with Gasteiger partial charge in [-0.25, -0.2) is 0 Å². The maximum Gasteiger partial charge on any atom is 0.279 e. The molecule has 0 spiro atoms. The maximum absolute atomic E-state index is 13.6. The molecule has 2 fully saturated rings. The van der Waals surface area contributed by atoms with Gasteiger partial charge in [-0.05, 0) is 75.1 Å². The highest BCUT2D eigenvalue weighted by molar-refractivity contribution is 6.12. The zero-order valence-corrected chi connectivity index (χ0v) is 18.8. The fourth-order valence-electron chi connectivity index (χ4n) is 4.55. The fraction of sp³-hybridized carbons (Fsp3) is 0.500. The van der Waals surface area contributed by atoms with E-state index in [2.05, 4.69) is 22.4 Å². The number of aromatic nitrogens is 2. The number of H-pyrrole nitrogens is 1. The van der Waals surface area contributed by atoms with Crippen LogP contribution in [0.25, 0.3) is 0 Å². The molecule has 8 nitrogen and oxygen atoms in total. The number of aldehydes is 1. The highest BCUT2D eigenvalue weighted by Gasteiger charge is 2.58. The predicted octanol–water partition coefficient (Wildman–Crippen LogP) is 3.41. The number of methoxy groups -OCH3 is 1. The Labute approximate surface area is 187 Å². The minimum Gasteiger partial charge on any atom is -0.497 e. The molecule has 170 valence electrons. The summed E-state index contributed by atoms with van der Waals surface area (Å²) in [5.74, 6) is 0.734. The minimum absolute atomic E-state index is 0.0955. The quantitative estimate of drug-likeness (QED) is 0.645. The summed E-state index contributed by atoms with van der Waals surface area (Å²) in [6.07, 6.45) is 5.83. The van der Waals surface area contributed by atoms with Crippen LogP contribution in [-0.4, -0.2) is 47.0 Å². The van der Waals surface area contributed by atoms with E-state index >= 15 is 0 Å². The molecule has 0 unspecified atom stereocenters. The van der Waals surface area contributed by atoms with Crippen molar-refractivity contribution in [3.05, 3.63) is 41.2 Å². The van der Waals surface area contributed by atoms with Gasteiger partial charge in [-0.3, -0.25) is 24.4 Å². The van der Waals surface area contributed by atoms with Gasteiger partial charge in [0.15, 0.2) is 12.0 Å². The zero-order chi connectivity index (χ0) is 22.9. The number of aryl methyl sites for hydroxylation is 1. The van der Waals surface area contributed by atoms with Crippen LogP contribution in [0, 0.1) is 12.8 Å². The molecule has 0 saturated heterocycles. The second-order valence-electron chi connectivity index (χ2n) is 9.14. The summed E-state index contributed by atoms with van der Waals surface area (Å²) in [5.41, 5.74) is 0.815. The number of carbonyl (C=O) groups is 3. The van der Waals surface area contributed by atoms with Crippen LogP contribution in [0.4, 0.5) is 5.69 Å². The van der Waals surface area contributed by atoms with Gasteiger partial charge in [-0.1, -0.05) is 6.92 Å². The number of aromatic amines is 1. The first kappa shape index (κ1) is 22.0. The first-order chi connectivity index (χ1) is 15.4. The number of nitrogens with zero attached hydrogens (tertiary/aromatic N) is 2. The standard InChI is InChI=1S/C24H30N4O4/c1-15-4-6-17(7-5-15)25-23(31)24(8-9-24)28(19-10-16(2)11-20(13-19)32-3)22(30)21-12-18(14-29)26-27-21/h10-15,17H,4-9H2,1-3H3,(H,25,31)(H,26,27). The molecule has 2 amide bonds. The monoisotopic (exact) mass is 438 g/mol. The summed E-state index contributed by atoms with van der Waals surface area (Å²) in [6, 6.07) is 7.03. The average Bonchev–Trinajstić information content (AvgIpc) is 3.43. The topological polar surface area (TPSA) is 104 Å². The summed E-state index contributed by atoms with van der Waals surface area (Å²) in [5, 5.41) is 9.78. The van der Waals surface area contributed by atoms with E-state index in [-0.39, 0.29) is 23.3 Å². The Hall–Kier alpha value is -3.16. The summed E-state index contributed by atoms with van der Waals surface area (Å²) in [6.45, 7) is 4.15. The molecule has 2 aromatic rings. The summed E-state index contributed by atoms with van der Waals surface area (Å²) in [7, 11) is 1.57. The highest BCUT2D eigenvalue weighted by atomic mass is 16.5. The third-order valence-electron chi connectivity index (χ3n) is 6.60. The molecule has 2 N–H and O–H groups in total. The van der Waals surface area contributed by atoms with Crippen LogP contribution >= 0.6 is 0 Å². The van der Waals surface area contributed by atoms with Crippen LogP contribution in [0.5, 0.6) is 5.75 Å². The van der Waals surface area contributed by atoms with Crippen molar-refractivity contribution in [2.75, 3.05) is 12.0 Å². The van der Waals surface area contributed by atoms with Crippen molar-refractivity contribution < 1.29 is 19.1 Å². The van der Waals surface area contributed by atoms with Crippen molar-refractivity contribution in [2.45, 2.75) is 64.0 Å². The third kappa shape index (κ3) is 4.26. The van der Waals surface area contributed by atoms with E-state index in [9.17, 15) is 14.4 Å². The Kier molecular flexibility index (Phi) is 6.04. The minimum atomic E-state index is -0.973. The number of nitrogens with one attached hydrogen (secondary N) is 2. The van der Waals surface area contributed by atoms with Crippen LogP contribution in [-0.2, 0) is 4.79 Å². The van der Waals surface area contributed by atoms with Gasteiger partial charge in [-0.15, -0.1) is 0 Å². The lowest BCUT2D eigenvalue weighted by Crippen LogP contribution is -2.54. The van der Waals surface area contributed by atoms with Crippen LogP contribution in [0.2, 0.25) is 0 Å². The van der Waals surface area contributed by atoms with Crippen molar-refractivity contribution in [2.24, 2.45) is 5.92 Å². The van der Waals surface area contributed by atoms with Gasteiger partial charge < -0.3 is 10.1 Å². The largest absolute Gasteiger partial charge is 0.497 e. The van der Waals surface area contributed by atoms with Crippen LogP contribution in [0.3, 0.4) is 0 Å². The van der Waals surface area contributed by atoms with Gasteiger partial charge in [0.2, 0.25) is 5.91 Å². The van der Waals surface area contributed by atoms with E-state index < -0.39 is 11.4 Å². The predicted molar refractivity (Wildman–Crippen MR) is 120 cm³/mol. The lowest BCUT2D eigenvalue weighted by molar-refractivity contribution is -0.124. The van der Waals surface area contributed by atoms with Gasteiger partial charge >= 0.3 is 0 Å². The second kappa shape index (κ2) is 8.76. The molecule has 32 heavy (non-hydrogen) atoms. The zero-order valence-electron chi connectivity index (χ0n) is 18.8. The van der Waals surface area contributed by atoms with Gasteiger partial charge in [0.05, 0.1) is 12.8 Å². The number of anilines is 1. The first-order valence-corrected chi connectivity index (χ1v) is 11.2. The Morgan fingerprint density at radius 1 is 1.19 bits per heavy atom. The number of ether oxygens (including phenoxy) is 1. The highest BCUT2D eigenvalue weighted by Crippen LogP contribution is 2.46. The molecule has 4 rings (SSSR count). The Bertz CT molecular complexity index is 1020. The number of amides is 2. The van der Waals surface area contributed by atoms with Crippen LogP contribution < -0.4 is 15.0 Å². The lowest BCUT2D eigenvalue weighted by atomic mass is 9.87. The molecule has 0 atom stereocenters. The molecule has 0 radical (unpaired) electrons. The number of hydrogen-bond acceptors (Lipinski definition) is 5. The average molecular weight is 439 g/mol. The van der Waals surface area contributed by atoms with Gasteiger partial charge in [0.25, 0.3) is 5.91 Å². The molecule has 0 bridgehead atoms. The van der Waals surface area contributed by atoms with E-state index in [0.29, 0.717) is 36.5 Å². The van der Waals surface area contributed by atoms with Gasteiger partial charge in [0.1, 0.15) is 11.3 Å². The summed E-state index contributed by atoms with van der Waals surface area (Å²) >= 11 is 0. The SMILES string of the molecule is COc1cc(C)cc(N(C(=O)c2cc(C=O)[nH]n2)C2(C(=O)NC3CCC(C)CC3)CC2)c1. The lowest BCUT2D eigenvalue weighted by Gasteiger charge is -2.34.